The van der Waals surface area contributed by atoms with Gasteiger partial charge in [-0.1, -0.05) is 18.2 Å². The second kappa shape index (κ2) is 7.40. The van der Waals surface area contributed by atoms with Gasteiger partial charge < -0.3 is 25.4 Å². The zero-order valence-corrected chi connectivity index (χ0v) is 17.1. The Kier molecular flexibility index (Phi) is 4.68. The number of rotatable bonds is 3. The van der Waals surface area contributed by atoms with Crippen molar-refractivity contribution in [3.8, 4) is 0 Å². The van der Waals surface area contributed by atoms with Gasteiger partial charge in [-0.3, -0.25) is 19.2 Å². The van der Waals surface area contributed by atoms with Gasteiger partial charge in [0.15, 0.2) is 0 Å². The Morgan fingerprint density at radius 1 is 1.06 bits per heavy atom. The maximum Gasteiger partial charge on any atom is 0.312 e. The first-order chi connectivity index (χ1) is 14.9. The van der Waals surface area contributed by atoms with Gasteiger partial charge >= 0.3 is 11.8 Å². The smallest absolute Gasteiger partial charge is 0.312 e. The molecule has 1 spiro atoms. The third-order valence-electron chi connectivity index (χ3n) is 6.62. The van der Waals surface area contributed by atoms with Crippen molar-refractivity contribution in [2.24, 2.45) is 5.92 Å². The molecular formula is C22H25N5O4. The normalized spacial score (nSPS) is 25.0. The molecule has 2 saturated heterocycles. The number of carbonyl (C=O) groups is 4. The number of fused-ring (bicyclic) bond motifs is 1. The van der Waals surface area contributed by atoms with Crippen molar-refractivity contribution in [3.63, 3.8) is 0 Å². The number of aromatic amines is 1. The van der Waals surface area contributed by atoms with E-state index in [2.05, 4.69) is 15.6 Å². The Morgan fingerprint density at radius 3 is 2.42 bits per heavy atom. The molecule has 9 heteroatoms. The van der Waals surface area contributed by atoms with Crippen molar-refractivity contribution in [3.05, 3.63) is 36.0 Å². The van der Waals surface area contributed by atoms with Gasteiger partial charge in [0.25, 0.3) is 5.91 Å². The average Bonchev–Trinajstić information content (AvgIpc) is 3.17. The first-order valence-corrected chi connectivity index (χ1v) is 10.7. The van der Waals surface area contributed by atoms with Gasteiger partial charge in [-0.05, 0) is 30.9 Å². The lowest BCUT2D eigenvalue weighted by atomic mass is 9.63. The molecule has 0 atom stereocenters. The summed E-state index contributed by atoms with van der Waals surface area (Å²) in [4.78, 5) is 54.9. The van der Waals surface area contributed by atoms with Crippen LogP contribution in [0.5, 0.6) is 0 Å². The summed E-state index contributed by atoms with van der Waals surface area (Å²) < 4.78 is 0. The van der Waals surface area contributed by atoms with Crippen molar-refractivity contribution >= 4 is 34.5 Å². The van der Waals surface area contributed by atoms with Crippen molar-refractivity contribution in [2.45, 2.75) is 24.8 Å². The molecular weight excluding hydrogens is 398 g/mol. The van der Waals surface area contributed by atoms with Crippen LogP contribution >= 0.6 is 0 Å². The van der Waals surface area contributed by atoms with Crippen LogP contribution in [0, 0.1) is 5.92 Å². The first kappa shape index (κ1) is 19.6. The second-order valence-electron chi connectivity index (χ2n) is 8.84. The molecule has 3 heterocycles. The first-order valence-electron chi connectivity index (χ1n) is 10.7. The molecule has 4 amide bonds. The second-order valence-corrected chi connectivity index (χ2v) is 8.84. The number of nitrogens with one attached hydrogen (secondary N) is 3. The molecule has 9 nitrogen and oxygen atoms in total. The van der Waals surface area contributed by atoms with Crippen LogP contribution in [-0.4, -0.2) is 76.7 Å². The molecule has 3 fully saturated rings. The minimum Gasteiger partial charge on any atom is -0.351 e. The van der Waals surface area contributed by atoms with Gasteiger partial charge in [0.05, 0.1) is 0 Å². The average molecular weight is 423 g/mol. The number of H-pyrrole nitrogens is 1. The summed E-state index contributed by atoms with van der Waals surface area (Å²) in [5, 5.41) is 6.62. The minimum absolute atomic E-state index is 0.0513. The lowest BCUT2D eigenvalue weighted by molar-refractivity contribution is -0.147. The van der Waals surface area contributed by atoms with Crippen LogP contribution in [0.15, 0.2) is 30.3 Å². The lowest BCUT2D eigenvalue weighted by Crippen LogP contribution is -2.68. The van der Waals surface area contributed by atoms with Gasteiger partial charge in [0, 0.05) is 55.6 Å². The molecule has 162 valence electrons. The van der Waals surface area contributed by atoms with E-state index in [0.717, 1.165) is 23.7 Å². The van der Waals surface area contributed by atoms with Gasteiger partial charge in [-0.25, -0.2) is 0 Å². The fraction of sp³-hybridized carbons (Fsp3) is 0.455. The minimum atomic E-state index is -0.603. The van der Waals surface area contributed by atoms with Crippen LogP contribution in [0.2, 0.25) is 0 Å². The summed E-state index contributed by atoms with van der Waals surface area (Å²) >= 11 is 0. The number of benzene rings is 1. The van der Waals surface area contributed by atoms with E-state index in [1.54, 1.807) is 4.90 Å². The lowest BCUT2D eigenvalue weighted by Gasteiger charge is -2.53. The summed E-state index contributed by atoms with van der Waals surface area (Å²) in [7, 11) is 0. The molecule has 2 aliphatic heterocycles. The molecule has 1 aliphatic carbocycles. The van der Waals surface area contributed by atoms with Crippen molar-refractivity contribution in [2.75, 3.05) is 32.7 Å². The highest BCUT2D eigenvalue weighted by molar-refractivity contribution is 6.35. The number of aromatic nitrogens is 1. The SMILES string of the molecule is O=C1CC2(CC(CNC(=O)C(=O)N3CCN(C(=O)c4cc5ccccc5[nH]4)CC3)C2)N1. The summed E-state index contributed by atoms with van der Waals surface area (Å²) in [6, 6.07) is 9.55. The van der Waals surface area contributed by atoms with Crippen molar-refractivity contribution < 1.29 is 19.2 Å². The quantitative estimate of drug-likeness (QED) is 0.485. The Balaban J connectivity index is 1.08. The highest BCUT2D eigenvalue weighted by Crippen LogP contribution is 2.44. The molecule has 0 radical (unpaired) electrons. The molecule has 1 aromatic carbocycles. The molecule has 5 rings (SSSR count). The van der Waals surface area contributed by atoms with Crippen LogP contribution in [0.25, 0.3) is 10.9 Å². The fourth-order valence-electron chi connectivity index (χ4n) is 4.95. The summed E-state index contributed by atoms with van der Waals surface area (Å²) in [5.74, 6) is -0.879. The van der Waals surface area contributed by atoms with Gasteiger partial charge in [0.1, 0.15) is 5.69 Å². The maximum atomic E-state index is 12.8. The zero-order chi connectivity index (χ0) is 21.6. The molecule has 31 heavy (non-hydrogen) atoms. The maximum absolute atomic E-state index is 12.8. The molecule has 3 N–H and O–H groups in total. The zero-order valence-electron chi connectivity index (χ0n) is 17.1. The number of carbonyl (C=O) groups excluding carboxylic acids is 4. The standard InChI is InChI=1S/C22H25N5O4/c28-18-12-22(25-18)10-14(11-22)13-23-19(29)21(31)27-7-5-26(6-8-27)20(30)17-9-15-3-1-2-4-16(15)24-17/h1-4,9,14,24H,5-8,10-13H2,(H,23,29)(H,25,28). The number of para-hydroxylation sites is 1. The van der Waals surface area contributed by atoms with E-state index < -0.39 is 11.8 Å². The van der Waals surface area contributed by atoms with Gasteiger partial charge in [0.2, 0.25) is 5.91 Å². The van der Waals surface area contributed by atoms with Crippen LogP contribution < -0.4 is 10.6 Å². The summed E-state index contributed by atoms with van der Waals surface area (Å²) in [6.45, 7) is 1.88. The molecule has 1 aromatic heterocycles. The number of amides is 4. The largest absolute Gasteiger partial charge is 0.351 e. The Morgan fingerprint density at radius 2 is 1.74 bits per heavy atom. The van der Waals surface area contributed by atoms with Gasteiger partial charge in [-0.2, -0.15) is 0 Å². The molecule has 0 bridgehead atoms. The molecule has 1 saturated carbocycles. The highest BCUT2D eigenvalue weighted by atomic mass is 16.2. The molecule has 2 aromatic rings. The van der Waals surface area contributed by atoms with E-state index in [4.69, 9.17) is 0 Å². The number of hydrogen-bond acceptors (Lipinski definition) is 4. The van der Waals surface area contributed by atoms with E-state index in [1.165, 1.54) is 4.90 Å². The van der Waals surface area contributed by atoms with Crippen molar-refractivity contribution in [1.82, 2.24) is 25.4 Å². The van der Waals surface area contributed by atoms with Crippen LogP contribution in [0.3, 0.4) is 0 Å². The Labute approximate surface area is 179 Å². The van der Waals surface area contributed by atoms with Crippen LogP contribution in [0.1, 0.15) is 29.8 Å². The summed E-state index contributed by atoms with van der Waals surface area (Å²) in [5.41, 5.74) is 1.39. The third-order valence-corrected chi connectivity index (χ3v) is 6.62. The third kappa shape index (κ3) is 3.64. The van der Waals surface area contributed by atoms with Crippen molar-refractivity contribution in [1.29, 1.82) is 0 Å². The number of piperazine rings is 1. The predicted octanol–water partition coefficient (Wildman–Crippen LogP) is 0.237. The Bertz CT molecular complexity index is 1020. The van der Waals surface area contributed by atoms with Crippen LogP contribution in [0.4, 0.5) is 0 Å². The predicted molar refractivity (Wildman–Crippen MR) is 112 cm³/mol. The van der Waals surface area contributed by atoms with E-state index in [-0.39, 0.29) is 17.4 Å². The van der Waals surface area contributed by atoms with E-state index in [0.29, 0.717) is 50.8 Å². The van der Waals surface area contributed by atoms with E-state index >= 15 is 0 Å². The van der Waals surface area contributed by atoms with Crippen LogP contribution in [-0.2, 0) is 14.4 Å². The van der Waals surface area contributed by atoms with Gasteiger partial charge in [-0.15, -0.1) is 0 Å². The summed E-state index contributed by atoms with van der Waals surface area (Å²) in [6.07, 6.45) is 2.27. The monoisotopic (exact) mass is 423 g/mol. The van der Waals surface area contributed by atoms with E-state index in [1.807, 2.05) is 30.3 Å². The topological polar surface area (TPSA) is 115 Å². The highest BCUT2D eigenvalue weighted by Gasteiger charge is 2.52. The number of nitrogens with zero attached hydrogens (tertiary/aromatic N) is 2. The molecule has 0 unspecified atom stereocenters. The Hall–Kier alpha value is -3.36. The number of β-lactam (4-membered cyclic amide) rings is 1. The fourth-order valence-corrected chi connectivity index (χ4v) is 4.95. The molecule has 3 aliphatic rings. The number of hydrogen-bond donors (Lipinski definition) is 3. The van der Waals surface area contributed by atoms with E-state index in [9.17, 15) is 19.2 Å².